The highest BCUT2D eigenvalue weighted by molar-refractivity contribution is 7.80. The van der Waals surface area contributed by atoms with Crippen LogP contribution in [0.5, 0.6) is 5.75 Å². The van der Waals surface area contributed by atoms with Crippen LogP contribution in [0.2, 0.25) is 0 Å². The van der Waals surface area contributed by atoms with E-state index in [0.717, 1.165) is 0 Å². The summed E-state index contributed by atoms with van der Waals surface area (Å²) in [6.45, 7) is 4.81. The molecule has 0 radical (unpaired) electrons. The normalized spacial score (nSPS) is 10.2. The Morgan fingerprint density at radius 3 is 2.64 bits per heavy atom. The van der Waals surface area contributed by atoms with Crippen molar-refractivity contribution in [3.05, 3.63) is 63.7 Å². The quantitative estimate of drug-likeness (QED) is 0.301. The van der Waals surface area contributed by atoms with E-state index in [1.165, 1.54) is 6.07 Å². The van der Waals surface area contributed by atoms with Crippen molar-refractivity contribution in [2.24, 2.45) is 0 Å². The average Bonchev–Trinajstić information content (AvgIpc) is 2.67. The van der Waals surface area contributed by atoms with Gasteiger partial charge in [0.2, 0.25) is 0 Å². The maximum absolute atomic E-state index is 12.6. The molecule has 0 heterocycles. The second kappa shape index (κ2) is 10.3. The van der Waals surface area contributed by atoms with Crippen molar-refractivity contribution in [2.75, 3.05) is 25.1 Å². The lowest BCUT2D eigenvalue weighted by atomic mass is 10.1. The van der Waals surface area contributed by atoms with E-state index in [1.807, 2.05) is 6.92 Å². The van der Waals surface area contributed by atoms with Gasteiger partial charge in [0, 0.05) is 12.7 Å². The monoisotopic (exact) mass is 403 g/mol. The molecule has 0 spiro atoms. The zero-order valence-corrected chi connectivity index (χ0v) is 16.4. The zero-order valence-electron chi connectivity index (χ0n) is 15.6. The molecule has 0 bridgehead atoms. The van der Waals surface area contributed by atoms with E-state index in [9.17, 15) is 14.9 Å². The number of hydrogen-bond donors (Lipinski definition) is 2. The lowest BCUT2D eigenvalue weighted by Crippen LogP contribution is -2.34. The number of rotatable bonds is 8. The largest absolute Gasteiger partial charge is 0.490 e. The number of carbonyl (C=O) groups excluding carboxylic acids is 1. The van der Waals surface area contributed by atoms with Gasteiger partial charge >= 0.3 is 0 Å². The van der Waals surface area contributed by atoms with Gasteiger partial charge in [-0.2, -0.15) is 0 Å². The van der Waals surface area contributed by atoms with Gasteiger partial charge in [-0.1, -0.05) is 18.2 Å². The molecule has 0 aliphatic rings. The molecule has 0 atom stereocenters. The van der Waals surface area contributed by atoms with E-state index in [1.54, 1.807) is 43.3 Å². The van der Waals surface area contributed by atoms with Gasteiger partial charge in [0.1, 0.15) is 12.4 Å². The summed E-state index contributed by atoms with van der Waals surface area (Å²) in [6, 6.07) is 11.4. The molecule has 0 aliphatic carbocycles. The second-order valence-electron chi connectivity index (χ2n) is 5.66. The summed E-state index contributed by atoms with van der Waals surface area (Å²) in [6.07, 6.45) is 0. The van der Waals surface area contributed by atoms with Gasteiger partial charge in [0.25, 0.3) is 11.6 Å². The van der Waals surface area contributed by atoms with Gasteiger partial charge in [-0.25, -0.2) is 0 Å². The van der Waals surface area contributed by atoms with Crippen molar-refractivity contribution < 1.29 is 19.2 Å². The predicted octanol–water partition coefficient (Wildman–Crippen LogP) is 3.45. The molecule has 2 aromatic carbocycles. The molecule has 2 N–H and O–H groups in total. The number of thiocarbonyl (C=S) groups is 1. The summed E-state index contributed by atoms with van der Waals surface area (Å²) in [7, 11) is 0. The predicted molar refractivity (Wildman–Crippen MR) is 110 cm³/mol. The summed E-state index contributed by atoms with van der Waals surface area (Å²) >= 11 is 5.17. The fourth-order valence-corrected chi connectivity index (χ4v) is 2.62. The smallest absolute Gasteiger partial charge is 0.274 e. The fraction of sp³-hybridized carbons (Fsp3) is 0.263. The third kappa shape index (κ3) is 5.73. The van der Waals surface area contributed by atoms with Crippen LogP contribution in [0.25, 0.3) is 0 Å². The van der Waals surface area contributed by atoms with Gasteiger partial charge in [-0.05, 0) is 44.3 Å². The summed E-state index contributed by atoms with van der Waals surface area (Å²) in [5, 5.41) is 16.4. The van der Waals surface area contributed by atoms with Crippen LogP contribution < -0.4 is 15.4 Å². The summed E-state index contributed by atoms with van der Waals surface area (Å²) in [5.74, 6) is -0.0402. The van der Waals surface area contributed by atoms with Crippen LogP contribution in [0.15, 0.2) is 42.5 Å². The molecule has 28 heavy (non-hydrogen) atoms. The minimum atomic E-state index is -0.474. The van der Waals surface area contributed by atoms with Crippen molar-refractivity contribution >= 4 is 34.6 Å². The van der Waals surface area contributed by atoms with Crippen molar-refractivity contribution in [2.45, 2.75) is 13.8 Å². The maximum Gasteiger partial charge on any atom is 0.274 e. The van der Waals surface area contributed by atoms with E-state index in [0.29, 0.717) is 42.4 Å². The van der Waals surface area contributed by atoms with Crippen molar-refractivity contribution in [1.82, 2.24) is 5.32 Å². The van der Waals surface area contributed by atoms with Crippen LogP contribution >= 0.6 is 12.2 Å². The minimum Gasteiger partial charge on any atom is -0.490 e. The molecular weight excluding hydrogens is 382 g/mol. The van der Waals surface area contributed by atoms with Crippen molar-refractivity contribution in [3.63, 3.8) is 0 Å². The summed E-state index contributed by atoms with van der Waals surface area (Å²) < 4.78 is 10.8. The number of para-hydroxylation sites is 1. The molecule has 0 saturated heterocycles. The number of ether oxygens (including phenoxy) is 2. The molecule has 0 aromatic heterocycles. The number of nitro groups is 1. The van der Waals surface area contributed by atoms with Crippen LogP contribution in [-0.4, -0.2) is 35.8 Å². The van der Waals surface area contributed by atoms with Crippen LogP contribution in [-0.2, 0) is 4.74 Å². The highest BCUT2D eigenvalue weighted by atomic mass is 32.1. The number of carbonyl (C=O) groups is 1. The van der Waals surface area contributed by atoms with E-state index in [2.05, 4.69) is 10.6 Å². The first kappa shape index (κ1) is 21.3. The third-order valence-electron chi connectivity index (χ3n) is 3.80. The van der Waals surface area contributed by atoms with Crippen LogP contribution in [0.4, 0.5) is 11.4 Å². The topological polar surface area (TPSA) is 103 Å². The number of hydrogen-bond acceptors (Lipinski definition) is 6. The van der Waals surface area contributed by atoms with Crippen molar-refractivity contribution in [3.8, 4) is 5.75 Å². The molecule has 0 fully saturated rings. The van der Waals surface area contributed by atoms with Crippen LogP contribution in [0.3, 0.4) is 0 Å². The highest BCUT2D eigenvalue weighted by Crippen LogP contribution is 2.25. The molecule has 0 aliphatic heterocycles. The molecule has 2 aromatic rings. The SMILES string of the molecule is CCOCCOc1ccccc1C(=O)NC(=S)Nc1cccc([N+](=O)[O-])c1C. The van der Waals surface area contributed by atoms with E-state index >= 15 is 0 Å². The number of benzene rings is 2. The molecular formula is C19H21N3O5S. The van der Waals surface area contributed by atoms with E-state index in [-0.39, 0.29) is 10.8 Å². The number of amides is 1. The molecule has 0 saturated carbocycles. The Balaban J connectivity index is 2.04. The fourth-order valence-electron chi connectivity index (χ4n) is 2.42. The molecule has 148 valence electrons. The Kier molecular flexibility index (Phi) is 7.85. The molecule has 1 amide bonds. The molecule has 0 unspecified atom stereocenters. The lowest BCUT2D eigenvalue weighted by molar-refractivity contribution is -0.385. The first-order chi connectivity index (χ1) is 13.4. The van der Waals surface area contributed by atoms with Crippen molar-refractivity contribution in [1.29, 1.82) is 0 Å². The second-order valence-corrected chi connectivity index (χ2v) is 6.06. The first-order valence-electron chi connectivity index (χ1n) is 8.60. The molecule has 8 nitrogen and oxygen atoms in total. The summed E-state index contributed by atoms with van der Waals surface area (Å²) in [4.78, 5) is 23.1. The van der Waals surface area contributed by atoms with Gasteiger partial charge in [-0.3, -0.25) is 20.2 Å². The Morgan fingerprint density at radius 2 is 1.93 bits per heavy atom. The third-order valence-corrected chi connectivity index (χ3v) is 4.00. The van der Waals surface area contributed by atoms with E-state index < -0.39 is 10.8 Å². The van der Waals surface area contributed by atoms with Crippen LogP contribution in [0.1, 0.15) is 22.8 Å². The molecule has 9 heteroatoms. The Labute approximate surface area is 168 Å². The van der Waals surface area contributed by atoms with Gasteiger partial charge in [-0.15, -0.1) is 0 Å². The number of nitrogens with zero attached hydrogens (tertiary/aromatic N) is 1. The number of nitrogens with one attached hydrogen (secondary N) is 2. The minimum absolute atomic E-state index is 0.0257. The zero-order chi connectivity index (χ0) is 20.5. The van der Waals surface area contributed by atoms with Gasteiger partial charge < -0.3 is 14.8 Å². The number of nitro benzene ring substituents is 1. The van der Waals surface area contributed by atoms with Gasteiger partial charge in [0.15, 0.2) is 5.11 Å². The highest BCUT2D eigenvalue weighted by Gasteiger charge is 2.16. The summed E-state index contributed by atoms with van der Waals surface area (Å²) in [5.41, 5.74) is 1.15. The molecule has 2 rings (SSSR count). The Hall–Kier alpha value is -3.04. The Bertz CT molecular complexity index is 872. The van der Waals surface area contributed by atoms with Gasteiger partial charge in [0.05, 0.1) is 28.3 Å². The maximum atomic E-state index is 12.6. The average molecular weight is 403 g/mol. The van der Waals surface area contributed by atoms with Crippen LogP contribution in [0, 0.1) is 17.0 Å². The Morgan fingerprint density at radius 1 is 1.18 bits per heavy atom. The van der Waals surface area contributed by atoms with E-state index in [4.69, 9.17) is 21.7 Å². The lowest BCUT2D eigenvalue weighted by Gasteiger charge is -2.14. The first-order valence-corrected chi connectivity index (χ1v) is 9.00. The number of anilines is 1. The standard InChI is InChI=1S/C19H21N3O5S/c1-3-26-11-12-27-17-10-5-4-7-14(17)18(23)21-19(28)20-15-8-6-9-16(13(15)2)22(24)25/h4-10H,3,11-12H2,1-2H3,(H2,20,21,23,28).